The van der Waals surface area contributed by atoms with Crippen LogP contribution in [0.2, 0.25) is 0 Å². The summed E-state index contributed by atoms with van der Waals surface area (Å²) >= 11 is 0. The second-order valence-corrected chi connectivity index (χ2v) is 3.78. The van der Waals surface area contributed by atoms with Gasteiger partial charge in [-0.25, -0.2) is 0 Å². The fourth-order valence-corrected chi connectivity index (χ4v) is 1.38. The molecule has 84 valence electrons. The molecule has 0 aliphatic carbocycles. The van der Waals surface area contributed by atoms with E-state index in [4.69, 9.17) is 0 Å². The number of aryl methyl sites for hydroxylation is 1. The average Bonchev–Trinajstić information content (AvgIpc) is 2.24. The van der Waals surface area contributed by atoms with Gasteiger partial charge >= 0.3 is 0 Å². The molecular formula is C12H19NO2. The fourth-order valence-electron chi connectivity index (χ4n) is 1.38. The van der Waals surface area contributed by atoms with Gasteiger partial charge in [0.25, 0.3) is 0 Å². The first-order valence-electron chi connectivity index (χ1n) is 5.31. The van der Waals surface area contributed by atoms with Gasteiger partial charge in [-0.3, -0.25) is 0 Å². The summed E-state index contributed by atoms with van der Waals surface area (Å²) < 4.78 is 0. The van der Waals surface area contributed by atoms with Crippen molar-refractivity contribution in [2.75, 3.05) is 6.54 Å². The van der Waals surface area contributed by atoms with E-state index in [-0.39, 0.29) is 6.10 Å². The first-order chi connectivity index (χ1) is 7.15. The maximum Gasteiger partial charge on any atom is 0.122 e. The van der Waals surface area contributed by atoms with E-state index in [1.807, 2.05) is 32.0 Å². The van der Waals surface area contributed by atoms with E-state index in [0.29, 0.717) is 18.8 Å². The van der Waals surface area contributed by atoms with Crippen LogP contribution >= 0.6 is 0 Å². The van der Waals surface area contributed by atoms with Crippen LogP contribution in [0.5, 0.6) is 5.75 Å². The Hall–Kier alpha value is -1.06. The lowest BCUT2D eigenvalue weighted by atomic mass is 10.1. The van der Waals surface area contributed by atoms with Gasteiger partial charge in [-0.15, -0.1) is 0 Å². The summed E-state index contributed by atoms with van der Waals surface area (Å²) in [5.74, 6) is 0.344. The van der Waals surface area contributed by atoms with Crippen molar-refractivity contribution < 1.29 is 10.2 Å². The molecule has 0 heterocycles. The predicted molar refractivity (Wildman–Crippen MR) is 60.8 cm³/mol. The van der Waals surface area contributed by atoms with Crippen LogP contribution < -0.4 is 5.32 Å². The Labute approximate surface area is 90.8 Å². The SMILES string of the molecule is CCC(O)CNCc1cccc(C)c1O. The lowest BCUT2D eigenvalue weighted by molar-refractivity contribution is 0.167. The lowest BCUT2D eigenvalue weighted by Crippen LogP contribution is -2.25. The first-order valence-corrected chi connectivity index (χ1v) is 5.31. The predicted octanol–water partition coefficient (Wildman–Crippen LogP) is 1.56. The third-order valence-corrected chi connectivity index (χ3v) is 2.49. The van der Waals surface area contributed by atoms with Crippen LogP contribution in [0.4, 0.5) is 0 Å². The van der Waals surface area contributed by atoms with Gasteiger partial charge in [0.15, 0.2) is 0 Å². The van der Waals surface area contributed by atoms with E-state index in [0.717, 1.165) is 17.5 Å². The smallest absolute Gasteiger partial charge is 0.122 e. The molecule has 1 aromatic rings. The minimum Gasteiger partial charge on any atom is -0.507 e. The molecule has 0 aliphatic heterocycles. The molecule has 1 atom stereocenters. The maximum absolute atomic E-state index is 9.72. The fraction of sp³-hybridized carbons (Fsp3) is 0.500. The number of aliphatic hydroxyl groups excluding tert-OH is 1. The molecule has 0 bridgehead atoms. The Bertz CT molecular complexity index is 312. The third-order valence-electron chi connectivity index (χ3n) is 2.49. The van der Waals surface area contributed by atoms with Gasteiger partial charge in [-0.05, 0) is 18.9 Å². The standard InChI is InChI=1S/C12H19NO2/c1-3-11(14)8-13-7-10-6-4-5-9(2)12(10)15/h4-6,11,13-15H,3,7-8H2,1-2H3. The third kappa shape index (κ3) is 3.53. The molecule has 1 aromatic carbocycles. The molecule has 0 radical (unpaired) electrons. The van der Waals surface area contributed by atoms with Crippen LogP contribution in [-0.4, -0.2) is 22.9 Å². The highest BCUT2D eigenvalue weighted by molar-refractivity contribution is 5.39. The minimum absolute atomic E-state index is 0.308. The Morgan fingerprint density at radius 3 is 2.80 bits per heavy atom. The number of benzene rings is 1. The average molecular weight is 209 g/mol. The molecule has 0 saturated carbocycles. The van der Waals surface area contributed by atoms with Crippen molar-refractivity contribution in [2.45, 2.75) is 32.9 Å². The van der Waals surface area contributed by atoms with E-state index in [2.05, 4.69) is 5.32 Å². The van der Waals surface area contributed by atoms with Gasteiger partial charge in [0.05, 0.1) is 6.10 Å². The first kappa shape index (κ1) is 12.0. The molecule has 0 saturated heterocycles. The van der Waals surface area contributed by atoms with E-state index in [1.165, 1.54) is 0 Å². The van der Waals surface area contributed by atoms with Crippen molar-refractivity contribution in [1.82, 2.24) is 5.32 Å². The number of nitrogens with one attached hydrogen (secondary N) is 1. The number of rotatable bonds is 5. The number of phenols is 1. The summed E-state index contributed by atoms with van der Waals surface area (Å²) in [6.45, 7) is 4.96. The Balaban J connectivity index is 2.47. The molecule has 0 amide bonds. The molecule has 3 nitrogen and oxygen atoms in total. The van der Waals surface area contributed by atoms with Crippen molar-refractivity contribution in [3.63, 3.8) is 0 Å². The summed E-state index contributed by atoms with van der Waals surface area (Å²) in [6.07, 6.45) is 0.434. The highest BCUT2D eigenvalue weighted by Crippen LogP contribution is 2.20. The van der Waals surface area contributed by atoms with Crippen molar-refractivity contribution in [1.29, 1.82) is 0 Å². The van der Waals surface area contributed by atoms with E-state index in [1.54, 1.807) is 0 Å². The number of aliphatic hydroxyl groups is 1. The molecular weight excluding hydrogens is 190 g/mol. The van der Waals surface area contributed by atoms with Gasteiger partial charge in [0, 0.05) is 18.7 Å². The maximum atomic E-state index is 9.72. The summed E-state index contributed by atoms with van der Waals surface area (Å²) in [5.41, 5.74) is 1.75. The van der Waals surface area contributed by atoms with Crippen LogP contribution in [0.25, 0.3) is 0 Å². The molecule has 15 heavy (non-hydrogen) atoms. The Morgan fingerprint density at radius 2 is 2.13 bits per heavy atom. The summed E-state index contributed by atoms with van der Waals surface area (Å²) in [5, 5.41) is 22.2. The van der Waals surface area contributed by atoms with Crippen LogP contribution in [-0.2, 0) is 6.54 Å². The number of hydrogen-bond donors (Lipinski definition) is 3. The second kappa shape index (κ2) is 5.73. The molecule has 0 spiro atoms. The molecule has 3 N–H and O–H groups in total. The van der Waals surface area contributed by atoms with Crippen molar-refractivity contribution in [2.24, 2.45) is 0 Å². The number of aromatic hydroxyl groups is 1. The normalized spacial score (nSPS) is 12.7. The molecule has 0 fully saturated rings. The van der Waals surface area contributed by atoms with E-state index < -0.39 is 0 Å². The summed E-state index contributed by atoms with van der Waals surface area (Å²) in [7, 11) is 0. The number of phenolic OH excluding ortho intramolecular Hbond substituents is 1. The van der Waals surface area contributed by atoms with Gasteiger partial charge < -0.3 is 15.5 Å². The highest BCUT2D eigenvalue weighted by atomic mass is 16.3. The quantitative estimate of drug-likeness (QED) is 0.690. The molecule has 1 unspecified atom stereocenters. The zero-order valence-electron chi connectivity index (χ0n) is 9.33. The van der Waals surface area contributed by atoms with Gasteiger partial charge in [0.1, 0.15) is 5.75 Å². The number of hydrogen-bond acceptors (Lipinski definition) is 3. The Morgan fingerprint density at radius 1 is 1.40 bits per heavy atom. The van der Waals surface area contributed by atoms with Crippen LogP contribution in [0, 0.1) is 6.92 Å². The topological polar surface area (TPSA) is 52.5 Å². The van der Waals surface area contributed by atoms with Crippen molar-refractivity contribution in [3.05, 3.63) is 29.3 Å². The second-order valence-electron chi connectivity index (χ2n) is 3.78. The number of para-hydroxylation sites is 1. The summed E-state index contributed by atoms with van der Waals surface area (Å²) in [6, 6.07) is 5.68. The lowest BCUT2D eigenvalue weighted by Gasteiger charge is -2.11. The van der Waals surface area contributed by atoms with E-state index in [9.17, 15) is 10.2 Å². The van der Waals surface area contributed by atoms with Gasteiger partial charge in [-0.2, -0.15) is 0 Å². The molecule has 0 aliphatic rings. The Kier molecular flexibility index (Phi) is 4.59. The highest BCUT2D eigenvalue weighted by Gasteiger charge is 2.04. The van der Waals surface area contributed by atoms with Crippen molar-refractivity contribution in [3.8, 4) is 5.75 Å². The van der Waals surface area contributed by atoms with Crippen LogP contribution in [0.1, 0.15) is 24.5 Å². The van der Waals surface area contributed by atoms with Gasteiger partial charge in [0.2, 0.25) is 0 Å². The zero-order valence-corrected chi connectivity index (χ0v) is 9.33. The van der Waals surface area contributed by atoms with Crippen LogP contribution in [0.3, 0.4) is 0 Å². The van der Waals surface area contributed by atoms with Crippen molar-refractivity contribution >= 4 is 0 Å². The molecule has 1 rings (SSSR count). The minimum atomic E-state index is -0.308. The van der Waals surface area contributed by atoms with E-state index >= 15 is 0 Å². The monoisotopic (exact) mass is 209 g/mol. The van der Waals surface area contributed by atoms with Gasteiger partial charge in [-0.1, -0.05) is 25.1 Å². The molecule has 3 heteroatoms. The largest absolute Gasteiger partial charge is 0.507 e. The summed E-state index contributed by atoms with van der Waals surface area (Å²) in [4.78, 5) is 0. The van der Waals surface area contributed by atoms with Crippen LogP contribution in [0.15, 0.2) is 18.2 Å². The molecule has 0 aromatic heterocycles. The zero-order chi connectivity index (χ0) is 11.3.